The van der Waals surface area contributed by atoms with Gasteiger partial charge in [0.15, 0.2) is 5.84 Å². The van der Waals surface area contributed by atoms with Gasteiger partial charge < -0.3 is 16.3 Å². The van der Waals surface area contributed by atoms with Crippen molar-refractivity contribution in [1.82, 2.24) is 5.32 Å². The molecule has 0 aromatic rings. The van der Waals surface area contributed by atoms with Crippen LogP contribution >= 0.6 is 11.8 Å². The van der Waals surface area contributed by atoms with Gasteiger partial charge in [-0.05, 0) is 31.4 Å². The number of carbonyl (C=O) groups excluding carboxylic acids is 1. The van der Waals surface area contributed by atoms with Crippen molar-refractivity contribution in [2.75, 3.05) is 12.3 Å². The summed E-state index contributed by atoms with van der Waals surface area (Å²) in [5.74, 6) is 1.15. The van der Waals surface area contributed by atoms with Crippen LogP contribution in [0.4, 0.5) is 0 Å². The number of nitrogens with zero attached hydrogens (tertiary/aromatic N) is 1. The molecule has 1 aliphatic heterocycles. The summed E-state index contributed by atoms with van der Waals surface area (Å²) in [5, 5.41) is 15.1. The quantitative estimate of drug-likeness (QED) is 0.302. The van der Waals surface area contributed by atoms with E-state index in [0.29, 0.717) is 24.6 Å². The van der Waals surface area contributed by atoms with Gasteiger partial charge in [-0.3, -0.25) is 4.79 Å². The van der Waals surface area contributed by atoms with Gasteiger partial charge >= 0.3 is 0 Å². The van der Waals surface area contributed by atoms with E-state index in [2.05, 4.69) is 10.5 Å². The molecule has 1 aliphatic carbocycles. The Morgan fingerprint density at radius 2 is 2.29 bits per heavy atom. The predicted octanol–water partition coefficient (Wildman–Crippen LogP) is 0.915. The minimum Gasteiger partial charge on any atom is -0.409 e. The van der Waals surface area contributed by atoms with E-state index in [1.54, 1.807) is 0 Å². The van der Waals surface area contributed by atoms with Gasteiger partial charge in [0.25, 0.3) is 0 Å². The van der Waals surface area contributed by atoms with E-state index in [9.17, 15) is 4.79 Å². The fourth-order valence-corrected chi connectivity index (χ4v) is 3.40. The standard InChI is InChI=1S/C11H19N3O2S/c12-9(14-16)11(4-5-11)10(15)13-7-8-3-1-2-6-17-8/h8,16H,1-7H2,(H2,12,14)(H,13,15). The zero-order valence-electron chi connectivity index (χ0n) is 9.82. The fourth-order valence-electron chi connectivity index (χ4n) is 2.16. The maximum absolute atomic E-state index is 12.0. The lowest BCUT2D eigenvalue weighted by atomic mass is 10.1. The topological polar surface area (TPSA) is 87.7 Å². The molecule has 1 atom stereocenters. The van der Waals surface area contributed by atoms with Crippen LogP contribution in [-0.4, -0.2) is 34.5 Å². The maximum atomic E-state index is 12.0. The first kappa shape index (κ1) is 12.5. The van der Waals surface area contributed by atoms with E-state index in [-0.39, 0.29) is 11.7 Å². The molecule has 1 unspecified atom stereocenters. The van der Waals surface area contributed by atoms with E-state index in [4.69, 9.17) is 10.9 Å². The van der Waals surface area contributed by atoms with Crippen molar-refractivity contribution in [2.45, 2.75) is 37.4 Å². The van der Waals surface area contributed by atoms with E-state index in [1.807, 2.05) is 11.8 Å². The normalized spacial score (nSPS) is 27.5. The molecule has 1 saturated carbocycles. The number of amidine groups is 1. The average molecular weight is 257 g/mol. The zero-order valence-corrected chi connectivity index (χ0v) is 10.6. The molecule has 17 heavy (non-hydrogen) atoms. The molecule has 1 amide bonds. The van der Waals surface area contributed by atoms with E-state index in [1.165, 1.54) is 25.0 Å². The fraction of sp³-hybridized carbons (Fsp3) is 0.818. The molecule has 0 bridgehead atoms. The summed E-state index contributed by atoms with van der Waals surface area (Å²) in [6, 6.07) is 0. The Bertz CT molecular complexity index is 323. The van der Waals surface area contributed by atoms with Crippen LogP contribution in [0.1, 0.15) is 32.1 Å². The zero-order chi connectivity index (χ0) is 12.3. The lowest BCUT2D eigenvalue weighted by molar-refractivity contribution is -0.124. The molecule has 2 aliphatic rings. The highest BCUT2D eigenvalue weighted by Gasteiger charge is 2.54. The molecule has 6 heteroatoms. The number of nitrogens with one attached hydrogen (secondary N) is 1. The van der Waals surface area contributed by atoms with Crippen molar-refractivity contribution in [3.8, 4) is 0 Å². The first-order valence-corrected chi connectivity index (χ1v) is 7.12. The van der Waals surface area contributed by atoms with Gasteiger partial charge in [-0.15, -0.1) is 0 Å². The molecule has 0 spiro atoms. The first-order valence-electron chi connectivity index (χ1n) is 6.07. The van der Waals surface area contributed by atoms with Crippen LogP contribution in [0.2, 0.25) is 0 Å². The van der Waals surface area contributed by atoms with Crippen LogP contribution < -0.4 is 11.1 Å². The Morgan fingerprint density at radius 1 is 1.53 bits per heavy atom. The monoisotopic (exact) mass is 257 g/mol. The largest absolute Gasteiger partial charge is 0.409 e. The Kier molecular flexibility index (Phi) is 3.81. The van der Waals surface area contributed by atoms with Gasteiger partial charge in [-0.1, -0.05) is 11.6 Å². The number of rotatable bonds is 4. The number of oxime groups is 1. The third-order valence-corrected chi connectivity index (χ3v) is 4.95. The van der Waals surface area contributed by atoms with Crippen molar-refractivity contribution in [3.63, 3.8) is 0 Å². The van der Waals surface area contributed by atoms with Gasteiger partial charge in [0.2, 0.25) is 5.91 Å². The Labute approximate surface area is 105 Å². The Morgan fingerprint density at radius 3 is 2.82 bits per heavy atom. The van der Waals surface area contributed by atoms with E-state index in [0.717, 1.165) is 0 Å². The van der Waals surface area contributed by atoms with Crippen LogP contribution in [0.25, 0.3) is 0 Å². The highest BCUT2D eigenvalue weighted by Crippen LogP contribution is 2.46. The van der Waals surface area contributed by atoms with Crippen LogP contribution in [0.3, 0.4) is 0 Å². The van der Waals surface area contributed by atoms with Crippen LogP contribution in [0.15, 0.2) is 5.16 Å². The second-order valence-corrected chi connectivity index (χ2v) is 6.17. The van der Waals surface area contributed by atoms with Gasteiger partial charge in [-0.2, -0.15) is 11.8 Å². The maximum Gasteiger partial charge on any atom is 0.233 e. The molecule has 4 N–H and O–H groups in total. The highest BCUT2D eigenvalue weighted by molar-refractivity contribution is 7.99. The molecule has 0 aromatic heterocycles. The van der Waals surface area contributed by atoms with Crippen molar-refractivity contribution < 1.29 is 10.0 Å². The van der Waals surface area contributed by atoms with Gasteiger partial charge in [0, 0.05) is 11.8 Å². The number of thioether (sulfide) groups is 1. The molecular weight excluding hydrogens is 238 g/mol. The van der Waals surface area contributed by atoms with E-state index < -0.39 is 5.41 Å². The third kappa shape index (κ3) is 2.68. The molecule has 1 heterocycles. The average Bonchev–Trinajstić information content (AvgIpc) is 3.17. The van der Waals surface area contributed by atoms with Crippen LogP contribution in [-0.2, 0) is 4.79 Å². The van der Waals surface area contributed by atoms with Crippen molar-refractivity contribution >= 4 is 23.5 Å². The van der Waals surface area contributed by atoms with E-state index >= 15 is 0 Å². The Balaban J connectivity index is 1.81. The van der Waals surface area contributed by atoms with Gasteiger partial charge in [0.05, 0.1) is 0 Å². The SMILES string of the molecule is NC(=NO)C1(C(=O)NCC2CCCCS2)CC1. The molecule has 1 saturated heterocycles. The smallest absolute Gasteiger partial charge is 0.233 e. The second-order valence-electron chi connectivity index (χ2n) is 4.77. The first-order chi connectivity index (χ1) is 8.19. The summed E-state index contributed by atoms with van der Waals surface area (Å²) < 4.78 is 0. The van der Waals surface area contributed by atoms with Crippen LogP contribution in [0, 0.1) is 5.41 Å². The summed E-state index contributed by atoms with van der Waals surface area (Å²) in [7, 11) is 0. The summed E-state index contributed by atoms with van der Waals surface area (Å²) in [6.07, 6.45) is 5.07. The molecule has 5 nitrogen and oxygen atoms in total. The Hall–Kier alpha value is -0.910. The van der Waals surface area contributed by atoms with Crippen LogP contribution in [0.5, 0.6) is 0 Å². The van der Waals surface area contributed by atoms with Gasteiger partial charge in [-0.25, -0.2) is 0 Å². The molecular formula is C11H19N3O2S. The third-order valence-electron chi connectivity index (χ3n) is 3.55. The predicted molar refractivity (Wildman–Crippen MR) is 68.2 cm³/mol. The molecule has 2 rings (SSSR count). The van der Waals surface area contributed by atoms with Crippen molar-refractivity contribution in [2.24, 2.45) is 16.3 Å². The molecule has 96 valence electrons. The number of hydrogen-bond acceptors (Lipinski definition) is 4. The minimum atomic E-state index is -0.714. The number of amides is 1. The summed E-state index contributed by atoms with van der Waals surface area (Å²) in [6.45, 7) is 0.698. The second kappa shape index (κ2) is 5.16. The lowest BCUT2D eigenvalue weighted by Crippen LogP contribution is -2.43. The number of hydrogen-bond donors (Lipinski definition) is 3. The molecule has 0 radical (unpaired) electrons. The number of nitrogens with two attached hydrogens (primary N) is 1. The van der Waals surface area contributed by atoms with Crippen molar-refractivity contribution in [1.29, 1.82) is 0 Å². The molecule has 2 fully saturated rings. The summed E-state index contributed by atoms with van der Waals surface area (Å²) in [4.78, 5) is 12.0. The summed E-state index contributed by atoms with van der Waals surface area (Å²) in [5.41, 5.74) is 4.84. The highest BCUT2D eigenvalue weighted by atomic mass is 32.2. The van der Waals surface area contributed by atoms with Gasteiger partial charge in [0.1, 0.15) is 5.41 Å². The van der Waals surface area contributed by atoms with Crippen molar-refractivity contribution in [3.05, 3.63) is 0 Å². The lowest BCUT2D eigenvalue weighted by Gasteiger charge is -2.22. The molecule has 0 aromatic carbocycles. The summed E-state index contributed by atoms with van der Waals surface area (Å²) >= 11 is 1.92. The number of carbonyl (C=O) groups is 1. The minimum absolute atomic E-state index is 0.0475.